The van der Waals surface area contributed by atoms with Crippen LogP contribution in [0.1, 0.15) is 37.5 Å². The molecule has 1 N–H and O–H groups in total. The highest BCUT2D eigenvalue weighted by Crippen LogP contribution is 2.26. The van der Waals surface area contributed by atoms with E-state index in [2.05, 4.69) is 5.32 Å². The molecule has 0 saturated heterocycles. The second kappa shape index (κ2) is 14.6. The van der Waals surface area contributed by atoms with Crippen molar-refractivity contribution in [2.24, 2.45) is 0 Å². The van der Waals surface area contributed by atoms with Gasteiger partial charge in [-0.25, -0.2) is 12.8 Å². The molecule has 1 atom stereocenters. The Labute approximate surface area is 270 Å². The number of ether oxygens (including phenoxy) is 1. The van der Waals surface area contributed by atoms with Crippen LogP contribution in [0.5, 0.6) is 5.75 Å². The maximum atomic E-state index is 14.5. The number of hydrogen-bond acceptors (Lipinski definition) is 5. The molecule has 0 bridgehead atoms. The van der Waals surface area contributed by atoms with Gasteiger partial charge in [-0.3, -0.25) is 13.9 Å². The number of aryl methyl sites for hydroxylation is 1. The highest BCUT2D eigenvalue weighted by molar-refractivity contribution is 7.92. The van der Waals surface area contributed by atoms with E-state index in [4.69, 9.17) is 4.74 Å². The summed E-state index contributed by atoms with van der Waals surface area (Å²) in [4.78, 5) is 29.8. The quantitative estimate of drug-likeness (QED) is 0.207. The molecule has 10 heteroatoms. The molecule has 0 aromatic heterocycles. The second-order valence-corrected chi connectivity index (χ2v) is 14.0. The van der Waals surface area contributed by atoms with Gasteiger partial charge in [0, 0.05) is 18.5 Å². The van der Waals surface area contributed by atoms with Gasteiger partial charge in [-0.1, -0.05) is 60.2 Å². The Hall–Kier alpha value is -4.70. The van der Waals surface area contributed by atoms with Crippen molar-refractivity contribution in [2.75, 3.05) is 18.0 Å². The van der Waals surface area contributed by atoms with Crippen molar-refractivity contribution in [1.29, 1.82) is 0 Å². The number of benzene rings is 4. The number of nitrogens with zero attached hydrogens (tertiary/aromatic N) is 2. The van der Waals surface area contributed by atoms with Gasteiger partial charge in [0.2, 0.25) is 11.8 Å². The van der Waals surface area contributed by atoms with Crippen molar-refractivity contribution in [3.63, 3.8) is 0 Å². The van der Waals surface area contributed by atoms with E-state index in [1.807, 2.05) is 64.1 Å². The molecular formula is C36H40FN3O5S. The molecule has 4 aromatic carbocycles. The number of carbonyl (C=O) groups is 2. The minimum Gasteiger partial charge on any atom is -0.497 e. The standard InChI is InChI=1S/C36H40FN3O5S/c1-26-14-18-30(19-15-26)40(46(43,44)32-20-16-29(37)17-21-32)25-34(41)39(24-28-12-9-13-31(22-28)45-5)33(35(42)38-36(2,3)4)23-27-10-7-6-8-11-27/h6-22,33H,23-25H2,1-5H3,(H,38,42)/t33-/m1/s1. The third-order valence-electron chi connectivity index (χ3n) is 7.26. The predicted octanol–water partition coefficient (Wildman–Crippen LogP) is 5.89. The molecule has 4 aromatic rings. The fraction of sp³-hybridized carbons (Fsp3) is 0.278. The van der Waals surface area contributed by atoms with Crippen molar-refractivity contribution in [1.82, 2.24) is 10.2 Å². The Kier molecular flexibility index (Phi) is 10.8. The normalized spacial score (nSPS) is 12.2. The van der Waals surface area contributed by atoms with E-state index < -0.39 is 39.9 Å². The molecule has 46 heavy (non-hydrogen) atoms. The molecule has 0 heterocycles. The molecule has 4 rings (SSSR count). The third kappa shape index (κ3) is 8.94. The number of halogens is 1. The molecule has 0 saturated carbocycles. The summed E-state index contributed by atoms with van der Waals surface area (Å²) in [6.45, 7) is 6.82. The number of anilines is 1. The number of amides is 2. The first-order valence-electron chi connectivity index (χ1n) is 14.9. The molecule has 0 aliphatic carbocycles. The SMILES string of the molecule is COc1cccc(CN(C(=O)CN(c2ccc(C)cc2)S(=O)(=O)c2ccc(F)cc2)[C@H](Cc2ccccc2)C(=O)NC(C)(C)C)c1. The van der Waals surface area contributed by atoms with Crippen LogP contribution in [-0.4, -0.2) is 50.4 Å². The molecule has 0 aliphatic heterocycles. The van der Waals surface area contributed by atoms with Crippen molar-refractivity contribution in [3.05, 3.63) is 126 Å². The lowest BCUT2D eigenvalue weighted by Gasteiger charge is -2.35. The first kappa shape index (κ1) is 34.2. The zero-order chi connectivity index (χ0) is 33.5. The van der Waals surface area contributed by atoms with Crippen LogP contribution in [0.3, 0.4) is 0 Å². The second-order valence-electron chi connectivity index (χ2n) is 12.1. The van der Waals surface area contributed by atoms with Crippen molar-refractivity contribution >= 4 is 27.5 Å². The van der Waals surface area contributed by atoms with E-state index in [1.54, 1.807) is 42.5 Å². The number of methoxy groups -OCH3 is 1. The Morgan fingerprint density at radius 3 is 2.11 bits per heavy atom. The maximum Gasteiger partial charge on any atom is 0.264 e. The summed E-state index contributed by atoms with van der Waals surface area (Å²) < 4.78 is 48.3. The number of nitrogens with one attached hydrogen (secondary N) is 1. The molecule has 0 unspecified atom stereocenters. The molecule has 0 radical (unpaired) electrons. The summed E-state index contributed by atoms with van der Waals surface area (Å²) in [5.74, 6) is -0.992. The van der Waals surface area contributed by atoms with Crippen LogP contribution in [0.15, 0.2) is 108 Å². The van der Waals surface area contributed by atoms with Crippen LogP contribution >= 0.6 is 0 Å². The van der Waals surface area contributed by atoms with E-state index in [-0.39, 0.29) is 29.5 Å². The van der Waals surface area contributed by atoms with Gasteiger partial charge < -0.3 is 15.0 Å². The van der Waals surface area contributed by atoms with Crippen LogP contribution in [0.2, 0.25) is 0 Å². The largest absolute Gasteiger partial charge is 0.497 e. The molecule has 0 aliphatic rings. The minimum atomic E-state index is -4.33. The van der Waals surface area contributed by atoms with Gasteiger partial charge in [0.05, 0.1) is 17.7 Å². The summed E-state index contributed by atoms with van der Waals surface area (Å²) in [5, 5.41) is 3.01. The van der Waals surface area contributed by atoms with Crippen LogP contribution < -0.4 is 14.4 Å². The van der Waals surface area contributed by atoms with Gasteiger partial charge >= 0.3 is 0 Å². The summed E-state index contributed by atoms with van der Waals surface area (Å²) in [6.07, 6.45) is 0.188. The van der Waals surface area contributed by atoms with Crippen LogP contribution in [-0.2, 0) is 32.6 Å². The fourth-order valence-corrected chi connectivity index (χ4v) is 6.36. The maximum absolute atomic E-state index is 14.5. The lowest BCUT2D eigenvalue weighted by Crippen LogP contribution is -2.56. The summed E-state index contributed by atoms with van der Waals surface area (Å²) in [7, 11) is -2.79. The van der Waals surface area contributed by atoms with Gasteiger partial charge in [-0.05, 0) is 87.4 Å². The first-order chi connectivity index (χ1) is 21.8. The number of rotatable bonds is 12. The Morgan fingerprint density at radius 1 is 0.870 bits per heavy atom. The topological polar surface area (TPSA) is 96.0 Å². The van der Waals surface area contributed by atoms with Crippen molar-refractivity contribution < 1.29 is 27.1 Å². The molecular weight excluding hydrogens is 605 g/mol. The van der Waals surface area contributed by atoms with E-state index in [1.165, 1.54) is 24.1 Å². The van der Waals surface area contributed by atoms with Crippen LogP contribution in [0.4, 0.5) is 10.1 Å². The van der Waals surface area contributed by atoms with E-state index in [0.29, 0.717) is 11.3 Å². The van der Waals surface area contributed by atoms with Gasteiger partial charge in [0.1, 0.15) is 24.2 Å². The zero-order valence-electron chi connectivity index (χ0n) is 26.7. The zero-order valence-corrected chi connectivity index (χ0v) is 27.6. The van der Waals surface area contributed by atoms with E-state index in [0.717, 1.165) is 27.6 Å². The Morgan fingerprint density at radius 2 is 1.50 bits per heavy atom. The van der Waals surface area contributed by atoms with Crippen LogP contribution in [0.25, 0.3) is 0 Å². The van der Waals surface area contributed by atoms with Crippen LogP contribution in [0, 0.1) is 12.7 Å². The van der Waals surface area contributed by atoms with Crippen molar-refractivity contribution in [2.45, 2.75) is 57.1 Å². The first-order valence-corrected chi connectivity index (χ1v) is 16.3. The van der Waals surface area contributed by atoms with Gasteiger partial charge in [-0.2, -0.15) is 0 Å². The molecule has 242 valence electrons. The summed E-state index contributed by atoms with van der Waals surface area (Å²) in [5.41, 5.74) is 2.07. The van der Waals surface area contributed by atoms with E-state index in [9.17, 15) is 22.4 Å². The molecule has 2 amide bonds. The number of hydrogen-bond donors (Lipinski definition) is 1. The number of carbonyl (C=O) groups excluding carboxylic acids is 2. The van der Waals surface area contributed by atoms with Crippen molar-refractivity contribution in [3.8, 4) is 5.75 Å². The lowest BCUT2D eigenvalue weighted by molar-refractivity contribution is -0.140. The van der Waals surface area contributed by atoms with Gasteiger partial charge in [0.25, 0.3) is 10.0 Å². The molecule has 0 fully saturated rings. The third-order valence-corrected chi connectivity index (χ3v) is 9.05. The molecule has 0 spiro atoms. The predicted molar refractivity (Wildman–Crippen MR) is 177 cm³/mol. The Balaban J connectivity index is 1.82. The van der Waals surface area contributed by atoms with Gasteiger partial charge in [0.15, 0.2) is 0 Å². The molecule has 8 nitrogen and oxygen atoms in total. The van der Waals surface area contributed by atoms with Gasteiger partial charge in [-0.15, -0.1) is 0 Å². The fourth-order valence-electron chi connectivity index (χ4n) is 4.95. The Bertz CT molecular complexity index is 1740. The monoisotopic (exact) mass is 645 g/mol. The lowest BCUT2D eigenvalue weighted by atomic mass is 10.0. The van der Waals surface area contributed by atoms with E-state index >= 15 is 0 Å². The summed E-state index contributed by atoms with van der Waals surface area (Å²) >= 11 is 0. The number of sulfonamides is 1. The average Bonchev–Trinajstić information content (AvgIpc) is 3.02. The average molecular weight is 646 g/mol. The highest BCUT2D eigenvalue weighted by atomic mass is 32.2. The summed E-state index contributed by atoms with van der Waals surface area (Å²) in [6, 6.07) is 26.7. The smallest absolute Gasteiger partial charge is 0.264 e. The highest BCUT2D eigenvalue weighted by Gasteiger charge is 2.35. The minimum absolute atomic E-state index is 0.00340.